The molecular formula is C16H20N2O6S2. The molecule has 10 heteroatoms. The lowest BCUT2D eigenvalue weighted by Crippen LogP contribution is -2.35. The first-order chi connectivity index (χ1) is 12.2. The summed E-state index contributed by atoms with van der Waals surface area (Å²) < 4.78 is 48.6. The van der Waals surface area contributed by atoms with Crippen LogP contribution in [0.3, 0.4) is 0 Å². The maximum Gasteiger partial charge on any atom is 0.243 e. The minimum Gasteiger partial charge on any atom is -0.395 e. The van der Waals surface area contributed by atoms with Gasteiger partial charge in [0.1, 0.15) is 0 Å². The molecule has 0 radical (unpaired) electrons. The van der Waals surface area contributed by atoms with Crippen LogP contribution in [-0.2, 0) is 20.0 Å². The molecule has 0 spiro atoms. The van der Waals surface area contributed by atoms with Crippen LogP contribution in [0.5, 0.6) is 0 Å². The number of nitrogens with two attached hydrogens (primary N) is 1. The first-order valence-corrected chi connectivity index (χ1v) is 10.6. The van der Waals surface area contributed by atoms with Gasteiger partial charge in [0.25, 0.3) is 0 Å². The fourth-order valence-electron chi connectivity index (χ4n) is 2.38. The van der Waals surface area contributed by atoms with E-state index >= 15 is 0 Å². The van der Waals surface area contributed by atoms with Gasteiger partial charge in [-0.2, -0.15) is 4.31 Å². The molecule has 0 saturated carbocycles. The maximum absolute atomic E-state index is 12.5. The van der Waals surface area contributed by atoms with E-state index in [0.29, 0.717) is 11.1 Å². The van der Waals surface area contributed by atoms with Gasteiger partial charge in [0.05, 0.1) is 23.0 Å². The van der Waals surface area contributed by atoms with Gasteiger partial charge in [-0.1, -0.05) is 24.3 Å². The third kappa shape index (κ3) is 4.67. The fourth-order valence-corrected chi connectivity index (χ4v) is 4.32. The number of sulfonamides is 2. The van der Waals surface area contributed by atoms with Crippen LogP contribution >= 0.6 is 0 Å². The summed E-state index contributed by atoms with van der Waals surface area (Å²) in [6.45, 7) is -0.930. The molecule has 26 heavy (non-hydrogen) atoms. The standard InChI is InChI=1S/C16H20N2O6S2/c17-25(21,22)15-5-1-13(2-6-15)14-3-7-16(8-4-14)26(23,24)18(9-11-19)10-12-20/h1-8,19-20H,9-12H2,(H2,17,21,22). The Morgan fingerprint density at radius 3 is 1.46 bits per heavy atom. The predicted molar refractivity (Wildman–Crippen MR) is 96.2 cm³/mol. The van der Waals surface area contributed by atoms with E-state index in [-0.39, 0.29) is 36.1 Å². The van der Waals surface area contributed by atoms with Gasteiger partial charge in [-0.3, -0.25) is 0 Å². The Bertz CT molecular complexity index is 933. The molecule has 0 aromatic heterocycles. The van der Waals surface area contributed by atoms with E-state index in [1.165, 1.54) is 24.3 Å². The lowest BCUT2D eigenvalue weighted by Gasteiger charge is -2.20. The van der Waals surface area contributed by atoms with Crippen LogP contribution in [0.25, 0.3) is 11.1 Å². The van der Waals surface area contributed by atoms with Gasteiger partial charge in [-0.15, -0.1) is 0 Å². The molecule has 0 heterocycles. The van der Waals surface area contributed by atoms with E-state index < -0.39 is 20.0 Å². The Morgan fingerprint density at radius 2 is 1.12 bits per heavy atom. The SMILES string of the molecule is NS(=O)(=O)c1ccc(-c2ccc(S(=O)(=O)N(CCO)CCO)cc2)cc1. The van der Waals surface area contributed by atoms with E-state index in [1.807, 2.05) is 0 Å². The second-order valence-electron chi connectivity index (χ2n) is 5.45. The molecule has 8 nitrogen and oxygen atoms in total. The highest BCUT2D eigenvalue weighted by molar-refractivity contribution is 7.89. The summed E-state index contributed by atoms with van der Waals surface area (Å²) in [6.07, 6.45) is 0. The smallest absolute Gasteiger partial charge is 0.243 e. The monoisotopic (exact) mass is 400 g/mol. The number of nitrogens with zero attached hydrogens (tertiary/aromatic N) is 1. The van der Waals surface area contributed by atoms with Crippen molar-refractivity contribution in [2.75, 3.05) is 26.3 Å². The number of primary sulfonamides is 1. The quantitative estimate of drug-likeness (QED) is 0.569. The number of benzene rings is 2. The van der Waals surface area contributed by atoms with Gasteiger partial charge in [-0.05, 0) is 35.4 Å². The molecule has 0 aliphatic heterocycles. The van der Waals surface area contributed by atoms with E-state index in [4.69, 9.17) is 15.4 Å². The number of aliphatic hydroxyl groups excluding tert-OH is 2. The van der Waals surface area contributed by atoms with Crippen molar-refractivity contribution in [3.8, 4) is 11.1 Å². The highest BCUT2D eigenvalue weighted by Crippen LogP contribution is 2.24. The summed E-state index contributed by atoms with van der Waals surface area (Å²) in [7, 11) is -7.61. The fraction of sp³-hybridized carbons (Fsp3) is 0.250. The van der Waals surface area contributed by atoms with Crippen LogP contribution < -0.4 is 5.14 Å². The zero-order valence-corrected chi connectivity index (χ0v) is 15.4. The molecule has 2 aromatic rings. The van der Waals surface area contributed by atoms with Crippen LogP contribution in [0.1, 0.15) is 0 Å². The zero-order chi connectivity index (χ0) is 19.4. The van der Waals surface area contributed by atoms with Crippen molar-refractivity contribution < 1.29 is 27.0 Å². The molecule has 0 unspecified atom stereocenters. The molecule has 0 bridgehead atoms. The molecule has 0 aliphatic rings. The van der Waals surface area contributed by atoms with Gasteiger partial charge in [0, 0.05) is 13.1 Å². The zero-order valence-electron chi connectivity index (χ0n) is 13.8. The van der Waals surface area contributed by atoms with Crippen molar-refractivity contribution in [3.63, 3.8) is 0 Å². The largest absolute Gasteiger partial charge is 0.395 e. The average Bonchev–Trinajstić information content (AvgIpc) is 2.61. The molecule has 2 rings (SSSR count). The molecule has 0 amide bonds. The molecule has 2 aromatic carbocycles. The van der Waals surface area contributed by atoms with Crippen molar-refractivity contribution >= 4 is 20.0 Å². The van der Waals surface area contributed by atoms with Crippen molar-refractivity contribution in [3.05, 3.63) is 48.5 Å². The van der Waals surface area contributed by atoms with Crippen molar-refractivity contribution in [1.29, 1.82) is 0 Å². The van der Waals surface area contributed by atoms with E-state index in [0.717, 1.165) is 4.31 Å². The van der Waals surface area contributed by atoms with Crippen LogP contribution in [0.4, 0.5) is 0 Å². The molecule has 0 fully saturated rings. The third-order valence-corrected chi connectivity index (χ3v) is 6.55. The molecule has 142 valence electrons. The summed E-state index contributed by atoms with van der Waals surface area (Å²) >= 11 is 0. The van der Waals surface area contributed by atoms with Crippen molar-refractivity contribution in [1.82, 2.24) is 4.31 Å². The van der Waals surface area contributed by atoms with Crippen molar-refractivity contribution in [2.24, 2.45) is 5.14 Å². The van der Waals surface area contributed by atoms with Gasteiger partial charge in [0.15, 0.2) is 0 Å². The minimum atomic E-state index is -3.83. The van der Waals surface area contributed by atoms with Crippen LogP contribution in [0, 0.1) is 0 Å². The first kappa shape index (κ1) is 20.5. The second-order valence-corrected chi connectivity index (χ2v) is 8.94. The summed E-state index contributed by atoms with van der Waals surface area (Å²) in [6, 6.07) is 11.9. The highest BCUT2D eigenvalue weighted by Gasteiger charge is 2.23. The number of aliphatic hydroxyl groups is 2. The summed E-state index contributed by atoms with van der Waals surface area (Å²) in [5.74, 6) is 0. The Kier molecular flexibility index (Phi) is 6.50. The van der Waals surface area contributed by atoms with E-state index in [1.54, 1.807) is 24.3 Å². The normalized spacial score (nSPS) is 12.5. The van der Waals surface area contributed by atoms with Gasteiger partial charge in [-0.25, -0.2) is 22.0 Å². The molecule has 0 saturated heterocycles. The lowest BCUT2D eigenvalue weighted by atomic mass is 10.1. The predicted octanol–water partition coefficient (Wildman–Crippen LogP) is -0.0237. The lowest BCUT2D eigenvalue weighted by molar-refractivity contribution is 0.217. The van der Waals surface area contributed by atoms with Crippen LogP contribution in [0.2, 0.25) is 0 Å². The number of hydrogen-bond acceptors (Lipinski definition) is 6. The Balaban J connectivity index is 2.30. The molecule has 0 atom stereocenters. The van der Waals surface area contributed by atoms with Gasteiger partial charge < -0.3 is 10.2 Å². The van der Waals surface area contributed by atoms with E-state index in [9.17, 15) is 16.8 Å². The number of hydrogen-bond donors (Lipinski definition) is 3. The van der Waals surface area contributed by atoms with E-state index in [2.05, 4.69) is 0 Å². The summed E-state index contributed by atoms with van der Waals surface area (Å²) in [4.78, 5) is 0.0217. The molecular weight excluding hydrogens is 380 g/mol. The topological polar surface area (TPSA) is 138 Å². The number of rotatable bonds is 8. The Morgan fingerprint density at radius 1 is 0.731 bits per heavy atom. The molecule has 0 aliphatic carbocycles. The van der Waals surface area contributed by atoms with Crippen LogP contribution in [-0.4, -0.2) is 57.7 Å². The third-order valence-electron chi connectivity index (χ3n) is 3.71. The van der Waals surface area contributed by atoms with Gasteiger partial charge in [0.2, 0.25) is 20.0 Å². The maximum atomic E-state index is 12.5. The Hall–Kier alpha value is -1.82. The van der Waals surface area contributed by atoms with Crippen LogP contribution in [0.15, 0.2) is 58.3 Å². The van der Waals surface area contributed by atoms with Crippen molar-refractivity contribution in [2.45, 2.75) is 9.79 Å². The minimum absolute atomic E-state index is 0.0101. The second kappa shape index (κ2) is 8.25. The van der Waals surface area contributed by atoms with Gasteiger partial charge >= 0.3 is 0 Å². The first-order valence-electron chi connectivity index (χ1n) is 7.65. The molecule has 4 N–H and O–H groups in total. The highest BCUT2D eigenvalue weighted by atomic mass is 32.2. The Labute approximate surface area is 152 Å². The summed E-state index contributed by atoms with van der Waals surface area (Å²) in [5.41, 5.74) is 1.39. The average molecular weight is 400 g/mol. The summed E-state index contributed by atoms with van der Waals surface area (Å²) in [5, 5.41) is 23.1.